The van der Waals surface area contributed by atoms with E-state index >= 15 is 0 Å². The van der Waals surface area contributed by atoms with Crippen molar-refractivity contribution >= 4 is 38.8 Å². The molecule has 208 valence electrons. The molecule has 0 saturated heterocycles. The van der Waals surface area contributed by atoms with Crippen LogP contribution in [0.1, 0.15) is 17.0 Å². The minimum absolute atomic E-state index is 0.267. The van der Waals surface area contributed by atoms with Gasteiger partial charge in [0, 0.05) is 33.8 Å². The fourth-order valence-corrected chi connectivity index (χ4v) is 7.30. The first-order valence-electron chi connectivity index (χ1n) is 15.4. The Bertz CT molecular complexity index is 2220. The molecule has 2 atom stereocenters. The minimum Gasteiger partial charge on any atom is -0.333 e. The molecule has 2 nitrogen and oxygen atoms in total. The molecule has 0 saturated carbocycles. The summed E-state index contributed by atoms with van der Waals surface area (Å²) in [4.78, 5) is 2.49. The van der Waals surface area contributed by atoms with Crippen molar-refractivity contribution in [3.8, 4) is 16.8 Å². The van der Waals surface area contributed by atoms with Crippen LogP contribution in [0.4, 0.5) is 11.4 Å². The van der Waals surface area contributed by atoms with E-state index in [1.54, 1.807) is 0 Å². The maximum atomic E-state index is 2.49. The van der Waals surface area contributed by atoms with Gasteiger partial charge in [-0.1, -0.05) is 121 Å². The lowest BCUT2D eigenvalue weighted by Gasteiger charge is -2.29. The van der Waals surface area contributed by atoms with Crippen LogP contribution in [0.3, 0.4) is 0 Å². The van der Waals surface area contributed by atoms with Crippen LogP contribution in [0.15, 0.2) is 170 Å². The Morgan fingerprint density at radius 1 is 0.477 bits per heavy atom. The second-order valence-corrected chi connectivity index (χ2v) is 11.8. The Balaban J connectivity index is 1.13. The molecular weight excluding hydrogens is 532 g/mol. The highest BCUT2D eigenvalue weighted by molar-refractivity contribution is 6.10. The summed E-state index contributed by atoms with van der Waals surface area (Å²) in [6.45, 7) is 0. The highest BCUT2D eigenvalue weighted by Crippen LogP contribution is 2.49. The molecule has 44 heavy (non-hydrogen) atoms. The van der Waals surface area contributed by atoms with Crippen LogP contribution in [0, 0.1) is 0 Å². The molecule has 0 fully saturated rings. The Kier molecular flexibility index (Phi) is 5.67. The van der Waals surface area contributed by atoms with Crippen molar-refractivity contribution in [2.24, 2.45) is 0 Å². The second-order valence-electron chi connectivity index (χ2n) is 11.8. The standard InChI is InChI=1S/C42H30N2/c1-3-11-29(12-4-1)30-19-23-34(24-20-30)44-40-18-10-8-16-36(40)38-28-32(22-26-42(38)44)31-21-25-41-37(27-31)35-15-7-9-17-39(35)43(41)33-13-5-2-6-14-33/h1-28,37,41H. The van der Waals surface area contributed by atoms with Gasteiger partial charge < -0.3 is 9.47 Å². The molecule has 1 aromatic heterocycles. The van der Waals surface area contributed by atoms with E-state index in [9.17, 15) is 0 Å². The molecule has 1 aliphatic carbocycles. The van der Waals surface area contributed by atoms with Crippen LogP contribution >= 0.6 is 0 Å². The summed E-state index contributed by atoms with van der Waals surface area (Å²) in [6, 6.07) is 55.2. The molecule has 0 spiro atoms. The molecule has 9 rings (SSSR count). The Morgan fingerprint density at radius 3 is 1.98 bits per heavy atom. The number of fused-ring (bicyclic) bond motifs is 6. The average Bonchev–Trinajstić information content (AvgIpc) is 3.61. The Hall–Kier alpha value is -5.60. The van der Waals surface area contributed by atoms with Crippen molar-refractivity contribution in [1.82, 2.24) is 4.57 Å². The van der Waals surface area contributed by atoms with Gasteiger partial charge in [-0.15, -0.1) is 0 Å². The molecule has 1 aliphatic heterocycles. The number of hydrogen-bond donors (Lipinski definition) is 0. The van der Waals surface area contributed by atoms with Gasteiger partial charge in [-0.3, -0.25) is 0 Å². The highest BCUT2D eigenvalue weighted by atomic mass is 15.2. The monoisotopic (exact) mass is 562 g/mol. The van der Waals surface area contributed by atoms with E-state index in [-0.39, 0.29) is 6.04 Å². The second kappa shape index (κ2) is 10.00. The third-order valence-electron chi connectivity index (χ3n) is 9.33. The number of benzene rings is 6. The van der Waals surface area contributed by atoms with Gasteiger partial charge >= 0.3 is 0 Å². The van der Waals surface area contributed by atoms with Gasteiger partial charge in [-0.05, 0) is 76.4 Å². The SMILES string of the molecule is C1=CC2C(C=C1c1ccc3c(c1)c1ccccc1n3-c1ccc(-c3ccccc3)cc1)c1ccccc1N2c1ccccc1. The number of para-hydroxylation sites is 3. The number of aromatic nitrogens is 1. The number of allylic oxidation sites excluding steroid dienone is 2. The topological polar surface area (TPSA) is 8.17 Å². The zero-order valence-electron chi connectivity index (χ0n) is 24.2. The maximum absolute atomic E-state index is 2.49. The molecule has 2 unspecified atom stereocenters. The van der Waals surface area contributed by atoms with Crippen LogP contribution in [-0.4, -0.2) is 10.6 Å². The Morgan fingerprint density at radius 2 is 1.14 bits per heavy atom. The van der Waals surface area contributed by atoms with Gasteiger partial charge in [0.05, 0.1) is 17.1 Å². The number of nitrogens with zero attached hydrogens (tertiary/aromatic N) is 2. The fourth-order valence-electron chi connectivity index (χ4n) is 7.30. The summed E-state index contributed by atoms with van der Waals surface area (Å²) in [5.74, 6) is 0.298. The van der Waals surface area contributed by atoms with Crippen molar-refractivity contribution in [3.63, 3.8) is 0 Å². The van der Waals surface area contributed by atoms with Crippen LogP contribution in [0.5, 0.6) is 0 Å². The predicted molar refractivity (Wildman–Crippen MR) is 185 cm³/mol. The molecule has 2 heterocycles. The number of rotatable bonds is 4. The summed E-state index contributed by atoms with van der Waals surface area (Å²) >= 11 is 0. The van der Waals surface area contributed by atoms with E-state index < -0.39 is 0 Å². The number of anilines is 2. The van der Waals surface area contributed by atoms with Gasteiger partial charge in [0.25, 0.3) is 0 Å². The molecule has 2 heteroatoms. The minimum atomic E-state index is 0.267. The third-order valence-corrected chi connectivity index (χ3v) is 9.33. The van der Waals surface area contributed by atoms with Crippen LogP contribution in [-0.2, 0) is 0 Å². The molecule has 0 amide bonds. The molecule has 0 bridgehead atoms. The van der Waals surface area contributed by atoms with Crippen LogP contribution < -0.4 is 4.90 Å². The smallest absolute Gasteiger partial charge is 0.0630 e. The lowest BCUT2D eigenvalue weighted by Crippen LogP contribution is -2.28. The zero-order chi connectivity index (χ0) is 29.0. The molecule has 0 N–H and O–H groups in total. The normalized spacial score (nSPS) is 17.1. The van der Waals surface area contributed by atoms with Gasteiger partial charge in [0.1, 0.15) is 0 Å². The lowest BCUT2D eigenvalue weighted by molar-refractivity contribution is 0.747. The van der Waals surface area contributed by atoms with E-state index in [1.165, 1.54) is 66.7 Å². The first-order chi connectivity index (χ1) is 21.8. The van der Waals surface area contributed by atoms with E-state index in [2.05, 4.69) is 179 Å². The van der Waals surface area contributed by atoms with E-state index in [1.807, 2.05) is 0 Å². The Labute approximate surface area is 257 Å². The molecule has 0 radical (unpaired) electrons. The lowest BCUT2D eigenvalue weighted by atomic mass is 9.86. The summed E-state index contributed by atoms with van der Waals surface area (Å²) in [6.07, 6.45) is 7.20. The summed E-state index contributed by atoms with van der Waals surface area (Å²) < 4.78 is 2.40. The van der Waals surface area contributed by atoms with Gasteiger partial charge in [0.2, 0.25) is 0 Å². The first kappa shape index (κ1) is 24.9. The third kappa shape index (κ3) is 3.88. The summed E-state index contributed by atoms with van der Waals surface area (Å²) in [7, 11) is 0. The number of hydrogen-bond acceptors (Lipinski definition) is 1. The quantitative estimate of drug-likeness (QED) is 0.207. The maximum Gasteiger partial charge on any atom is 0.0630 e. The molecule has 6 aromatic carbocycles. The van der Waals surface area contributed by atoms with E-state index in [0.717, 1.165) is 0 Å². The van der Waals surface area contributed by atoms with Crippen molar-refractivity contribution in [2.45, 2.75) is 12.0 Å². The first-order valence-corrected chi connectivity index (χ1v) is 15.4. The molecule has 2 aliphatic rings. The van der Waals surface area contributed by atoms with Gasteiger partial charge in [0.15, 0.2) is 0 Å². The van der Waals surface area contributed by atoms with Crippen molar-refractivity contribution in [2.75, 3.05) is 4.90 Å². The van der Waals surface area contributed by atoms with Crippen LogP contribution in [0.25, 0.3) is 44.2 Å². The fraction of sp³-hybridized carbons (Fsp3) is 0.0476. The molecule has 7 aromatic rings. The summed E-state index contributed by atoms with van der Waals surface area (Å²) in [5.41, 5.74) is 12.5. The zero-order valence-corrected chi connectivity index (χ0v) is 24.2. The van der Waals surface area contributed by atoms with Gasteiger partial charge in [-0.2, -0.15) is 0 Å². The largest absolute Gasteiger partial charge is 0.333 e. The van der Waals surface area contributed by atoms with Gasteiger partial charge in [-0.25, -0.2) is 0 Å². The van der Waals surface area contributed by atoms with Crippen molar-refractivity contribution in [3.05, 3.63) is 181 Å². The van der Waals surface area contributed by atoms with Crippen molar-refractivity contribution < 1.29 is 0 Å². The average molecular weight is 563 g/mol. The van der Waals surface area contributed by atoms with Crippen LogP contribution in [0.2, 0.25) is 0 Å². The predicted octanol–water partition coefficient (Wildman–Crippen LogP) is 10.7. The van der Waals surface area contributed by atoms with Crippen molar-refractivity contribution in [1.29, 1.82) is 0 Å². The van der Waals surface area contributed by atoms with E-state index in [0.29, 0.717) is 5.92 Å². The van der Waals surface area contributed by atoms with E-state index in [4.69, 9.17) is 0 Å². The highest BCUT2D eigenvalue weighted by Gasteiger charge is 2.38. The molecular formula is C42H30N2. The summed E-state index contributed by atoms with van der Waals surface area (Å²) in [5, 5.41) is 2.55.